The van der Waals surface area contributed by atoms with Crippen molar-refractivity contribution in [2.75, 3.05) is 38.0 Å². The summed E-state index contributed by atoms with van der Waals surface area (Å²) in [6, 6.07) is 9.18. The molecular formula is C32H37F3N7O5P. The number of nitrogens with one attached hydrogen (secondary N) is 3. The zero-order valence-electron chi connectivity index (χ0n) is 26.9. The lowest BCUT2D eigenvalue weighted by atomic mass is 9.96. The molecule has 2 unspecified atom stereocenters. The van der Waals surface area contributed by atoms with Crippen LogP contribution in [0.4, 0.5) is 36.3 Å². The quantitative estimate of drug-likeness (QED) is 0.134. The predicted octanol–water partition coefficient (Wildman–Crippen LogP) is 7.19. The normalized spacial score (nSPS) is 17.5. The van der Waals surface area contributed by atoms with Gasteiger partial charge in [0.2, 0.25) is 5.95 Å². The van der Waals surface area contributed by atoms with Crippen LogP contribution in [0.1, 0.15) is 48.2 Å². The number of aromatic nitrogens is 4. The van der Waals surface area contributed by atoms with Crippen molar-refractivity contribution >= 4 is 36.5 Å². The van der Waals surface area contributed by atoms with Crippen LogP contribution in [0.25, 0.3) is 11.1 Å². The zero-order valence-corrected chi connectivity index (χ0v) is 27.8. The summed E-state index contributed by atoms with van der Waals surface area (Å²) in [5.74, 6) is -0.737. The van der Waals surface area contributed by atoms with Crippen molar-refractivity contribution in [1.82, 2.24) is 25.1 Å². The van der Waals surface area contributed by atoms with Gasteiger partial charge in [-0.3, -0.25) is 14.0 Å². The minimum atomic E-state index is -4.81. The number of hydrogen-bond donors (Lipinski definition) is 3. The number of rotatable bonds is 7. The van der Waals surface area contributed by atoms with Gasteiger partial charge >= 0.3 is 13.8 Å². The molecule has 2 atom stereocenters. The highest BCUT2D eigenvalue weighted by atomic mass is 31.2. The molecule has 2 aromatic heterocycles. The molecule has 0 spiro atoms. The minimum Gasteiger partial charge on any atom is -0.495 e. The van der Waals surface area contributed by atoms with Crippen LogP contribution < -0.4 is 20.7 Å². The maximum Gasteiger partial charge on any atom is 0.421 e. The summed E-state index contributed by atoms with van der Waals surface area (Å²) in [6.45, 7) is 4.33. The first kappa shape index (κ1) is 35.0. The van der Waals surface area contributed by atoms with Crippen LogP contribution in [0, 0.1) is 0 Å². The largest absolute Gasteiger partial charge is 0.495 e. The second-order valence-electron chi connectivity index (χ2n) is 11.0. The third-order valence-corrected chi connectivity index (χ3v) is 9.69. The van der Waals surface area contributed by atoms with E-state index in [-0.39, 0.29) is 42.4 Å². The number of nitrogens with zero attached hydrogens (tertiary/aromatic N) is 4. The molecule has 8 bridgehead atoms. The fourth-order valence-electron chi connectivity index (χ4n) is 5.29. The molecule has 0 saturated carbocycles. The molecule has 2 aromatic carbocycles. The van der Waals surface area contributed by atoms with E-state index in [9.17, 15) is 22.5 Å². The SMILES string of the molecule is CCOP1(=O)Cc2ccc(c(OC)c2)Nc2ncc(C(F)(F)F)c(n2)Nc2ccc(cc2C(=O)C(CC)NC)-c2cnn(c2)CCCO1. The first-order valence-corrected chi connectivity index (χ1v) is 17.1. The maximum atomic E-state index is 14.2. The summed E-state index contributed by atoms with van der Waals surface area (Å²) < 4.78 is 74.9. The van der Waals surface area contributed by atoms with E-state index >= 15 is 0 Å². The van der Waals surface area contributed by atoms with Gasteiger partial charge in [0.1, 0.15) is 17.1 Å². The molecule has 12 nitrogen and oxygen atoms in total. The Labute approximate surface area is 275 Å². The highest BCUT2D eigenvalue weighted by molar-refractivity contribution is 7.53. The summed E-state index contributed by atoms with van der Waals surface area (Å²) in [4.78, 5) is 21.8. The van der Waals surface area contributed by atoms with E-state index in [1.165, 1.54) is 7.11 Å². The predicted molar refractivity (Wildman–Crippen MR) is 175 cm³/mol. The highest BCUT2D eigenvalue weighted by Crippen LogP contribution is 2.52. The van der Waals surface area contributed by atoms with E-state index in [2.05, 4.69) is 31.0 Å². The highest BCUT2D eigenvalue weighted by Gasteiger charge is 2.36. The Morgan fingerprint density at radius 3 is 2.62 bits per heavy atom. The Hall–Kier alpha value is -4.30. The average molecular weight is 688 g/mol. The Morgan fingerprint density at radius 1 is 1.12 bits per heavy atom. The maximum absolute atomic E-state index is 14.2. The van der Waals surface area contributed by atoms with Crippen molar-refractivity contribution in [3.63, 3.8) is 0 Å². The van der Waals surface area contributed by atoms with Crippen LogP contribution in [-0.2, 0) is 32.5 Å². The first-order valence-electron chi connectivity index (χ1n) is 15.4. The molecule has 16 heteroatoms. The fourth-order valence-corrected chi connectivity index (χ4v) is 6.99. The van der Waals surface area contributed by atoms with Crippen molar-refractivity contribution in [3.8, 4) is 16.9 Å². The lowest BCUT2D eigenvalue weighted by molar-refractivity contribution is -0.137. The Morgan fingerprint density at radius 2 is 1.92 bits per heavy atom. The molecule has 4 aliphatic heterocycles. The van der Waals surface area contributed by atoms with Crippen molar-refractivity contribution in [2.45, 2.75) is 51.6 Å². The molecule has 256 valence electrons. The first-order chi connectivity index (χ1) is 23.0. The Bertz CT molecular complexity index is 1810. The van der Waals surface area contributed by atoms with Crippen LogP contribution in [0.3, 0.4) is 0 Å². The number of carbonyl (C=O) groups is 1. The van der Waals surface area contributed by atoms with Crippen molar-refractivity contribution in [3.05, 3.63) is 71.7 Å². The molecular weight excluding hydrogens is 650 g/mol. The molecule has 4 aromatic rings. The number of ketones is 1. The van der Waals surface area contributed by atoms with Gasteiger partial charge in [-0.05, 0) is 62.2 Å². The van der Waals surface area contributed by atoms with Gasteiger partial charge in [0, 0.05) is 30.1 Å². The molecule has 0 radical (unpaired) electrons. The summed E-state index contributed by atoms with van der Waals surface area (Å²) in [5, 5.41) is 13.1. The third-order valence-electron chi connectivity index (χ3n) is 7.71. The molecule has 0 fully saturated rings. The van der Waals surface area contributed by atoms with Gasteiger partial charge in [0.05, 0.1) is 50.1 Å². The smallest absolute Gasteiger partial charge is 0.421 e. The number of aryl methyl sites for hydroxylation is 1. The van der Waals surface area contributed by atoms with Gasteiger partial charge in [-0.1, -0.05) is 19.1 Å². The van der Waals surface area contributed by atoms with Crippen molar-refractivity contribution < 1.29 is 36.3 Å². The van der Waals surface area contributed by atoms with E-state index in [0.717, 1.165) is 0 Å². The number of benzene rings is 2. The number of ether oxygens (including phenoxy) is 1. The lowest BCUT2D eigenvalue weighted by Crippen LogP contribution is -2.33. The number of anilines is 4. The van der Waals surface area contributed by atoms with Gasteiger partial charge < -0.3 is 29.7 Å². The van der Waals surface area contributed by atoms with Crippen LogP contribution in [0.15, 0.2) is 55.0 Å². The number of halogens is 3. The molecule has 48 heavy (non-hydrogen) atoms. The molecule has 6 heterocycles. The fraction of sp³-hybridized carbons (Fsp3) is 0.375. The number of likely N-dealkylation sites (N-methyl/N-ethyl adjacent to an activating group) is 1. The number of Topliss-reactive ketones (excluding diaryl/α,β-unsaturated/α-hetero) is 1. The molecule has 3 N–H and O–H groups in total. The minimum absolute atomic E-state index is 0.0304. The molecule has 0 aliphatic carbocycles. The van der Waals surface area contributed by atoms with Gasteiger partial charge in [0.25, 0.3) is 0 Å². The van der Waals surface area contributed by atoms with E-state index in [0.29, 0.717) is 53.7 Å². The number of methoxy groups -OCH3 is 1. The lowest BCUT2D eigenvalue weighted by Gasteiger charge is -2.20. The van der Waals surface area contributed by atoms with Gasteiger partial charge in [-0.2, -0.15) is 23.3 Å². The molecule has 8 rings (SSSR count). The topological polar surface area (TPSA) is 142 Å². The summed E-state index contributed by atoms with van der Waals surface area (Å²) >= 11 is 0. The van der Waals surface area contributed by atoms with Gasteiger partial charge in [-0.15, -0.1) is 0 Å². The summed E-state index contributed by atoms with van der Waals surface area (Å²) in [7, 11) is -0.481. The summed E-state index contributed by atoms with van der Waals surface area (Å²) in [5.41, 5.74) is 1.45. The standard InChI is InChI=1S/C32H37F3N7O5P/c1-5-25(36-3)29(43)23-15-21-9-11-26(23)39-30-24(32(33,34)35)17-37-31(41-30)40-27-10-8-20(14-28(27)45-4)19-48(44,46-6-2)47-13-7-12-42-18-22(21)16-38-42/h8-11,14-18,25,36H,5-7,12-13,19H2,1-4H3,(H2,37,39,40,41). The van der Waals surface area contributed by atoms with E-state index in [1.54, 1.807) is 67.4 Å². The van der Waals surface area contributed by atoms with Crippen LogP contribution >= 0.6 is 7.60 Å². The van der Waals surface area contributed by atoms with E-state index in [1.807, 2.05) is 6.92 Å². The Balaban J connectivity index is 1.64. The Kier molecular flexibility index (Phi) is 10.8. The number of alkyl halides is 3. The van der Waals surface area contributed by atoms with Crippen LogP contribution in [0.2, 0.25) is 0 Å². The van der Waals surface area contributed by atoms with E-state index in [4.69, 9.17) is 13.8 Å². The monoisotopic (exact) mass is 687 g/mol. The van der Waals surface area contributed by atoms with Crippen LogP contribution in [0.5, 0.6) is 5.75 Å². The summed E-state index contributed by atoms with van der Waals surface area (Å²) in [6.07, 6.45) is 0.183. The van der Waals surface area contributed by atoms with Crippen LogP contribution in [-0.4, -0.2) is 58.9 Å². The number of carbonyl (C=O) groups excluding carboxylic acids is 1. The second-order valence-corrected chi connectivity index (χ2v) is 13.0. The van der Waals surface area contributed by atoms with Gasteiger partial charge in [0.15, 0.2) is 5.78 Å². The molecule has 0 amide bonds. The molecule has 4 aliphatic rings. The van der Waals surface area contributed by atoms with Crippen molar-refractivity contribution in [2.24, 2.45) is 0 Å². The van der Waals surface area contributed by atoms with Gasteiger partial charge in [-0.25, -0.2) is 4.98 Å². The number of hydrogen-bond acceptors (Lipinski definition) is 11. The third kappa shape index (κ3) is 8.04. The van der Waals surface area contributed by atoms with Crippen molar-refractivity contribution in [1.29, 1.82) is 0 Å². The van der Waals surface area contributed by atoms with E-state index < -0.39 is 31.2 Å². The zero-order chi connectivity index (χ0) is 34.5. The second kappa shape index (κ2) is 14.9. The molecule has 0 saturated heterocycles. The average Bonchev–Trinajstić information content (AvgIpc) is 3.53.